The molecule has 1 aliphatic rings. The highest BCUT2D eigenvalue weighted by Crippen LogP contribution is 2.33. The number of carboxylic acid groups (broad SMARTS) is 1. The van der Waals surface area contributed by atoms with Gasteiger partial charge in [0.25, 0.3) is 5.91 Å². The number of hydrogen-bond donors (Lipinski definition) is 1. The first kappa shape index (κ1) is 18.5. The van der Waals surface area contributed by atoms with Crippen molar-refractivity contribution in [3.63, 3.8) is 0 Å². The zero-order chi connectivity index (χ0) is 18.7. The lowest BCUT2D eigenvalue weighted by atomic mass is 9.97. The van der Waals surface area contributed by atoms with Gasteiger partial charge in [-0.15, -0.1) is 0 Å². The Kier molecular flexibility index (Phi) is 5.68. The molecule has 138 valence electrons. The average molecular weight is 399 g/mol. The van der Waals surface area contributed by atoms with E-state index in [4.69, 9.17) is 37.6 Å². The Balaban J connectivity index is 1.59. The van der Waals surface area contributed by atoms with Gasteiger partial charge in [0.05, 0.1) is 16.0 Å². The first-order chi connectivity index (χ1) is 12.5. The highest BCUT2D eigenvalue weighted by molar-refractivity contribution is 6.37. The number of para-hydroxylation sites is 1. The Morgan fingerprint density at radius 1 is 1.27 bits per heavy atom. The SMILES string of the molecule is O=C(O)C1CCN(C(=O)c2cc(COc3c(Cl)cccc3Cl)on2)CC1. The lowest BCUT2D eigenvalue weighted by molar-refractivity contribution is -0.143. The van der Waals surface area contributed by atoms with Crippen molar-refractivity contribution >= 4 is 35.1 Å². The maximum atomic E-state index is 12.4. The molecule has 0 radical (unpaired) electrons. The van der Waals surface area contributed by atoms with Crippen molar-refractivity contribution in [3.05, 3.63) is 45.8 Å². The molecule has 26 heavy (non-hydrogen) atoms. The Bertz CT molecular complexity index is 795. The molecular formula is C17H16Cl2N2O5. The number of carbonyl (C=O) groups is 2. The van der Waals surface area contributed by atoms with Crippen molar-refractivity contribution in [2.75, 3.05) is 13.1 Å². The second-order valence-electron chi connectivity index (χ2n) is 5.92. The number of halogens is 2. The zero-order valence-electron chi connectivity index (χ0n) is 13.7. The summed E-state index contributed by atoms with van der Waals surface area (Å²) in [5, 5.41) is 13.5. The number of amides is 1. The summed E-state index contributed by atoms with van der Waals surface area (Å²) in [6.07, 6.45) is 0.861. The number of hydrogen-bond acceptors (Lipinski definition) is 5. The number of aliphatic carboxylic acids is 1. The molecule has 2 heterocycles. The van der Waals surface area contributed by atoms with Gasteiger partial charge in [-0.3, -0.25) is 9.59 Å². The van der Waals surface area contributed by atoms with Crippen LogP contribution in [0, 0.1) is 5.92 Å². The van der Waals surface area contributed by atoms with Crippen molar-refractivity contribution in [1.82, 2.24) is 10.1 Å². The second-order valence-corrected chi connectivity index (χ2v) is 6.74. The molecule has 3 rings (SSSR count). The lowest BCUT2D eigenvalue weighted by Crippen LogP contribution is -2.40. The summed E-state index contributed by atoms with van der Waals surface area (Å²) in [7, 11) is 0. The van der Waals surface area contributed by atoms with E-state index in [1.165, 1.54) is 6.07 Å². The van der Waals surface area contributed by atoms with E-state index in [0.29, 0.717) is 47.5 Å². The Hall–Kier alpha value is -2.25. The van der Waals surface area contributed by atoms with E-state index in [1.807, 2.05) is 0 Å². The first-order valence-corrected chi connectivity index (χ1v) is 8.76. The van der Waals surface area contributed by atoms with E-state index in [1.54, 1.807) is 23.1 Å². The van der Waals surface area contributed by atoms with Crippen molar-refractivity contribution < 1.29 is 24.0 Å². The molecule has 0 unspecified atom stereocenters. The van der Waals surface area contributed by atoms with Crippen LogP contribution in [-0.2, 0) is 11.4 Å². The predicted molar refractivity (Wildman–Crippen MR) is 93.6 cm³/mol. The number of carbonyl (C=O) groups excluding carboxylic acids is 1. The maximum absolute atomic E-state index is 12.4. The highest BCUT2D eigenvalue weighted by atomic mass is 35.5. The van der Waals surface area contributed by atoms with Gasteiger partial charge in [-0.2, -0.15) is 0 Å². The van der Waals surface area contributed by atoms with Crippen LogP contribution in [-0.4, -0.2) is 40.1 Å². The van der Waals surface area contributed by atoms with Crippen LogP contribution in [0.1, 0.15) is 29.1 Å². The van der Waals surface area contributed by atoms with Gasteiger partial charge in [-0.25, -0.2) is 0 Å². The number of benzene rings is 1. The third-order valence-corrected chi connectivity index (χ3v) is 4.78. The van der Waals surface area contributed by atoms with Crippen molar-refractivity contribution in [2.45, 2.75) is 19.4 Å². The number of piperidine rings is 1. The fourth-order valence-corrected chi connectivity index (χ4v) is 3.24. The zero-order valence-corrected chi connectivity index (χ0v) is 15.2. The molecule has 0 spiro atoms. The quantitative estimate of drug-likeness (QED) is 0.828. The minimum Gasteiger partial charge on any atom is -0.482 e. The molecular weight excluding hydrogens is 383 g/mol. The van der Waals surface area contributed by atoms with Crippen LogP contribution in [0.25, 0.3) is 0 Å². The van der Waals surface area contributed by atoms with Crippen LogP contribution in [0.3, 0.4) is 0 Å². The van der Waals surface area contributed by atoms with Crippen LogP contribution >= 0.6 is 23.2 Å². The van der Waals surface area contributed by atoms with Crippen LogP contribution in [0.5, 0.6) is 5.75 Å². The van der Waals surface area contributed by atoms with E-state index in [0.717, 1.165) is 0 Å². The topological polar surface area (TPSA) is 92.9 Å². The molecule has 1 aromatic carbocycles. The molecule has 0 atom stereocenters. The number of ether oxygens (including phenoxy) is 1. The molecule has 1 amide bonds. The van der Waals surface area contributed by atoms with Crippen LogP contribution in [0.2, 0.25) is 10.0 Å². The van der Waals surface area contributed by atoms with Gasteiger partial charge < -0.3 is 19.3 Å². The molecule has 1 N–H and O–H groups in total. The number of nitrogens with zero attached hydrogens (tertiary/aromatic N) is 2. The Morgan fingerprint density at radius 2 is 1.92 bits per heavy atom. The summed E-state index contributed by atoms with van der Waals surface area (Å²) in [6, 6.07) is 6.50. The van der Waals surface area contributed by atoms with Gasteiger partial charge in [-0.1, -0.05) is 34.4 Å². The number of aromatic nitrogens is 1. The van der Waals surface area contributed by atoms with E-state index in [9.17, 15) is 9.59 Å². The summed E-state index contributed by atoms with van der Waals surface area (Å²) < 4.78 is 10.7. The fraction of sp³-hybridized carbons (Fsp3) is 0.353. The smallest absolute Gasteiger partial charge is 0.306 e. The van der Waals surface area contributed by atoms with Gasteiger partial charge in [0.15, 0.2) is 17.2 Å². The molecule has 1 aliphatic heterocycles. The standard InChI is InChI=1S/C17H16Cl2N2O5/c18-12-2-1-3-13(19)15(12)25-9-11-8-14(20-26-11)16(22)21-6-4-10(5-7-21)17(23)24/h1-3,8,10H,4-7,9H2,(H,23,24). The summed E-state index contributed by atoms with van der Waals surface area (Å²) >= 11 is 12.1. The molecule has 1 fully saturated rings. The number of rotatable bonds is 5. The predicted octanol–water partition coefficient (Wildman–Crippen LogP) is 3.50. The van der Waals surface area contributed by atoms with Crippen molar-refractivity contribution in [3.8, 4) is 5.75 Å². The van der Waals surface area contributed by atoms with Gasteiger partial charge in [-0.05, 0) is 25.0 Å². The average Bonchev–Trinajstić information content (AvgIpc) is 3.10. The third-order valence-electron chi connectivity index (χ3n) is 4.19. The minimum absolute atomic E-state index is 0.0187. The van der Waals surface area contributed by atoms with E-state index < -0.39 is 11.9 Å². The second kappa shape index (κ2) is 7.97. The molecule has 0 bridgehead atoms. The number of carboxylic acids is 1. The maximum Gasteiger partial charge on any atom is 0.306 e. The molecule has 1 aromatic heterocycles. The minimum atomic E-state index is -0.823. The van der Waals surface area contributed by atoms with Gasteiger partial charge in [0.1, 0.15) is 6.61 Å². The lowest BCUT2D eigenvalue weighted by Gasteiger charge is -2.29. The van der Waals surface area contributed by atoms with E-state index in [2.05, 4.69) is 5.16 Å². The van der Waals surface area contributed by atoms with Gasteiger partial charge in [0, 0.05) is 19.2 Å². The van der Waals surface area contributed by atoms with Crippen LogP contribution in [0.4, 0.5) is 0 Å². The Labute approximate surface area is 159 Å². The fourth-order valence-electron chi connectivity index (χ4n) is 2.74. The monoisotopic (exact) mass is 398 g/mol. The largest absolute Gasteiger partial charge is 0.482 e. The molecule has 0 aliphatic carbocycles. The Morgan fingerprint density at radius 3 is 2.54 bits per heavy atom. The molecule has 7 nitrogen and oxygen atoms in total. The van der Waals surface area contributed by atoms with E-state index in [-0.39, 0.29) is 18.2 Å². The molecule has 1 saturated heterocycles. The van der Waals surface area contributed by atoms with Crippen LogP contribution < -0.4 is 4.74 Å². The van der Waals surface area contributed by atoms with Gasteiger partial charge >= 0.3 is 5.97 Å². The van der Waals surface area contributed by atoms with Crippen molar-refractivity contribution in [1.29, 1.82) is 0 Å². The number of likely N-dealkylation sites (tertiary alicyclic amines) is 1. The molecule has 2 aromatic rings. The molecule has 0 saturated carbocycles. The summed E-state index contributed by atoms with van der Waals surface area (Å²) in [5.41, 5.74) is 0.155. The normalized spacial score (nSPS) is 15.1. The summed E-state index contributed by atoms with van der Waals surface area (Å²) in [4.78, 5) is 25.0. The third kappa shape index (κ3) is 4.11. The van der Waals surface area contributed by atoms with Crippen LogP contribution in [0.15, 0.2) is 28.8 Å². The summed E-state index contributed by atoms with van der Waals surface area (Å²) in [6.45, 7) is 0.776. The summed E-state index contributed by atoms with van der Waals surface area (Å²) in [5.74, 6) is -0.836. The first-order valence-electron chi connectivity index (χ1n) is 8.00. The van der Waals surface area contributed by atoms with E-state index >= 15 is 0 Å². The molecule has 9 heteroatoms. The highest BCUT2D eigenvalue weighted by Gasteiger charge is 2.28. The van der Waals surface area contributed by atoms with Crippen molar-refractivity contribution in [2.24, 2.45) is 5.92 Å². The van der Waals surface area contributed by atoms with Gasteiger partial charge in [0.2, 0.25) is 0 Å².